The van der Waals surface area contributed by atoms with Crippen LogP contribution in [0.15, 0.2) is 59.1 Å². The number of rotatable bonds is 5. The van der Waals surface area contributed by atoms with E-state index in [1.807, 2.05) is 62.4 Å². The summed E-state index contributed by atoms with van der Waals surface area (Å²) in [7, 11) is 0. The van der Waals surface area contributed by atoms with Gasteiger partial charge >= 0.3 is 0 Å². The van der Waals surface area contributed by atoms with E-state index < -0.39 is 6.04 Å². The van der Waals surface area contributed by atoms with Gasteiger partial charge in [-0.2, -0.15) is 0 Å². The maximum absolute atomic E-state index is 13.4. The number of likely N-dealkylation sites (tertiary alicyclic amines) is 1. The fraction of sp³-hybridized carbons (Fsp3) is 0.455. The van der Waals surface area contributed by atoms with Gasteiger partial charge in [0.2, 0.25) is 17.6 Å². The number of ether oxygens (including phenoxy) is 2. The van der Waals surface area contributed by atoms with E-state index in [0.717, 1.165) is 11.1 Å². The number of aliphatic hydroxyl groups is 1. The molecule has 0 unspecified atom stereocenters. The lowest BCUT2D eigenvalue weighted by molar-refractivity contribution is -0.137. The molecule has 0 radical (unpaired) electrons. The summed E-state index contributed by atoms with van der Waals surface area (Å²) in [6.45, 7) is 4.84. The number of fused-ring (bicyclic) bond motifs is 9. The Morgan fingerprint density at radius 3 is 2.64 bits per heavy atom. The normalized spacial score (nSPS) is 19.9. The Bertz CT molecular complexity index is 1440. The van der Waals surface area contributed by atoms with Crippen LogP contribution in [0.5, 0.6) is 11.5 Å². The topological polar surface area (TPSA) is 134 Å². The molecule has 234 valence electrons. The van der Waals surface area contributed by atoms with Crippen LogP contribution in [-0.4, -0.2) is 82.7 Å². The predicted octanol–water partition coefficient (Wildman–Crippen LogP) is 3.66. The lowest BCUT2D eigenvalue weighted by Gasteiger charge is -2.38. The first kappa shape index (κ1) is 31.2. The molecule has 3 aromatic rings. The summed E-state index contributed by atoms with van der Waals surface area (Å²) in [6.07, 6.45) is 1.17. The van der Waals surface area contributed by atoms with Crippen LogP contribution in [0.1, 0.15) is 66.4 Å². The van der Waals surface area contributed by atoms with Crippen LogP contribution >= 0.6 is 0 Å². The molecule has 11 heteroatoms. The molecule has 2 N–H and O–H groups in total. The van der Waals surface area contributed by atoms with Gasteiger partial charge in [-0.3, -0.25) is 14.4 Å². The van der Waals surface area contributed by atoms with Crippen LogP contribution in [0.25, 0.3) is 0 Å². The van der Waals surface area contributed by atoms with Gasteiger partial charge in [0, 0.05) is 38.7 Å². The Kier molecular flexibility index (Phi) is 10.3. The van der Waals surface area contributed by atoms with Crippen molar-refractivity contribution in [3.63, 3.8) is 0 Å². The molecule has 44 heavy (non-hydrogen) atoms. The molecule has 0 spiro atoms. The minimum absolute atomic E-state index is 0.0939. The molecule has 11 nitrogen and oxygen atoms in total. The molecule has 2 aromatic carbocycles. The van der Waals surface area contributed by atoms with Crippen molar-refractivity contribution in [3.05, 3.63) is 77.2 Å². The average Bonchev–Trinajstić information content (AvgIpc) is 3.52. The highest BCUT2D eigenvalue weighted by Crippen LogP contribution is 2.25. The standard InChI is InChI=1S/C33H40N4O7/c1-22(2)27-18-30(44-35-27)33(41)37-15-13-29-28(19-37)34-31(39)20-36(14-4-16-38)32(40)12-9-23-7-10-25(11-8-23)43-26-6-3-5-24(17-26)21-42-29/h3,5-8,10-11,17-18,22,28-29,38H,4,9,12-16,19-21H2,1-2H3,(H,34,39)/t28-,29-/m0/s1. The number of hydrogen-bond acceptors (Lipinski definition) is 8. The van der Waals surface area contributed by atoms with Gasteiger partial charge in [-0.15, -0.1) is 0 Å². The summed E-state index contributed by atoms with van der Waals surface area (Å²) in [5.74, 6) is 0.784. The van der Waals surface area contributed by atoms with Crippen molar-refractivity contribution in [2.24, 2.45) is 0 Å². The predicted molar refractivity (Wildman–Crippen MR) is 161 cm³/mol. The Labute approximate surface area is 257 Å². The largest absolute Gasteiger partial charge is 0.457 e. The number of amides is 3. The first-order chi connectivity index (χ1) is 21.3. The second-order valence-corrected chi connectivity index (χ2v) is 11.6. The molecule has 6 rings (SSSR count). The number of carbonyl (C=O) groups excluding carboxylic acids is 3. The number of piperidine rings is 1. The van der Waals surface area contributed by atoms with Crippen LogP contribution in [0.3, 0.4) is 0 Å². The molecule has 0 saturated carbocycles. The van der Waals surface area contributed by atoms with Gasteiger partial charge < -0.3 is 34.2 Å². The highest BCUT2D eigenvalue weighted by atomic mass is 16.5. The van der Waals surface area contributed by atoms with E-state index in [-0.39, 0.29) is 74.8 Å². The van der Waals surface area contributed by atoms with Gasteiger partial charge in [-0.1, -0.05) is 43.3 Å². The molecule has 4 heterocycles. The van der Waals surface area contributed by atoms with Crippen LogP contribution in [0.4, 0.5) is 0 Å². The van der Waals surface area contributed by atoms with Crippen molar-refractivity contribution in [2.45, 2.75) is 64.2 Å². The van der Waals surface area contributed by atoms with Gasteiger partial charge in [0.1, 0.15) is 11.5 Å². The number of nitrogens with one attached hydrogen (secondary N) is 1. The summed E-state index contributed by atoms with van der Waals surface area (Å²) in [5, 5.41) is 16.5. The quantitative estimate of drug-likeness (QED) is 0.451. The third-order valence-electron chi connectivity index (χ3n) is 7.94. The summed E-state index contributed by atoms with van der Waals surface area (Å²) in [6, 6.07) is 16.4. The number of hydrogen-bond donors (Lipinski definition) is 2. The van der Waals surface area contributed by atoms with Crippen LogP contribution in [0.2, 0.25) is 0 Å². The van der Waals surface area contributed by atoms with Crippen molar-refractivity contribution >= 4 is 17.7 Å². The van der Waals surface area contributed by atoms with E-state index in [4.69, 9.17) is 14.0 Å². The Balaban J connectivity index is 1.37. The second kappa shape index (κ2) is 14.5. The molecule has 1 aromatic heterocycles. The second-order valence-electron chi connectivity index (χ2n) is 11.6. The van der Waals surface area contributed by atoms with Gasteiger partial charge in [-0.25, -0.2) is 0 Å². The zero-order chi connectivity index (χ0) is 31.1. The zero-order valence-corrected chi connectivity index (χ0v) is 25.2. The lowest BCUT2D eigenvalue weighted by Crippen LogP contribution is -2.58. The maximum Gasteiger partial charge on any atom is 0.292 e. The van der Waals surface area contributed by atoms with Crippen molar-refractivity contribution in [1.82, 2.24) is 20.3 Å². The number of nitrogens with zero attached hydrogens (tertiary/aromatic N) is 3. The summed E-state index contributed by atoms with van der Waals surface area (Å²) in [4.78, 5) is 43.0. The van der Waals surface area contributed by atoms with Crippen LogP contribution in [0, 0.1) is 0 Å². The smallest absolute Gasteiger partial charge is 0.292 e. The number of aromatic nitrogens is 1. The summed E-state index contributed by atoms with van der Waals surface area (Å²) >= 11 is 0. The third-order valence-corrected chi connectivity index (χ3v) is 7.94. The highest BCUT2D eigenvalue weighted by molar-refractivity contribution is 5.91. The molecule has 3 amide bonds. The Hall–Kier alpha value is -4.22. The number of benzene rings is 2. The van der Waals surface area contributed by atoms with Crippen molar-refractivity contribution in [3.8, 4) is 11.5 Å². The van der Waals surface area contributed by atoms with Crippen molar-refractivity contribution in [1.29, 1.82) is 0 Å². The first-order valence-electron chi connectivity index (χ1n) is 15.2. The molecule has 4 bridgehead atoms. The zero-order valence-electron chi connectivity index (χ0n) is 25.2. The summed E-state index contributed by atoms with van der Waals surface area (Å²) < 4.78 is 17.8. The van der Waals surface area contributed by atoms with Crippen molar-refractivity contribution in [2.75, 3.05) is 32.8 Å². The molecule has 3 aliphatic heterocycles. The molecule has 1 fully saturated rings. The average molecular weight is 605 g/mol. The van der Waals surface area contributed by atoms with E-state index in [1.54, 1.807) is 11.0 Å². The number of aliphatic hydroxyl groups excluding tert-OH is 1. The molecular weight excluding hydrogens is 564 g/mol. The monoisotopic (exact) mass is 604 g/mol. The van der Waals surface area contributed by atoms with Gasteiger partial charge in [0.25, 0.3) is 5.91 Å². The van der Waals surface area contributed by atoms with E-state index in [9.17, 15) is 19.5 Å². The SMILES string of the molecule is CC(C)c1cc(C(=O)N2CC[C@@H]3OCc4cccc(c4)Oc4ccc(cc4)CCC(=O)N(CCCO)CC(=O)N[C@H]3C2)on1. The molecule has 0 aliphatic carbocycles. The van der Waals surface area contributed by atoms with E-state index >= 15 is 0 Å². The van der Waals surface area contributed by atoms with Gasteiger partial charge in [0.05, 0.1) is 31.0 Å². The molecular formula is C33H40N4O7. The summed E-state index contributed by atoms with van der Waals surface area (Å²) in [5.41, 5.74) is 2.57. The minimum Gasteiger partial charge on any atom is -0.457 e. The maximum atomic E-state index is 13.4. The van der Waals surface area contributed by atoms with Gasteiger partial charge in [0.15, 0.2) is 0 Å². The Morgan fingerprint density at radius 1 is 1.07 bits per heavy atom. The minimum atomic E-state index is -0.528. The third kappa shape index (κ3) is 8.03. The van der Waals surface area contributed by atoms with E-state index in [2.05, 4.69) is 10.5 Å². The van der Waals surface area contributed by atoms with Crippen LogP contribution < -0.4 is 10.1 Å². The fourth-order valence-electron chi connectivity index (χ4n) is 5.42. The lowest BCUT2D eigenvalue weighted by atomic mass is 10.0. The molecule has 3 aliphatic rings. The number of carbonyl (C=O) groups is 3. The fourth-order valence-corrected chi connectivity index (χ4v) is 5.42. The van der Waals surface area contributed by atoms with Gasteiger partial charge in [-0.05, 0) is 60.6 Å². The molecule has 1 saturated heterocycles. The molecule has 2 atom stereocenters. The van der Waals surface area contributed by atoms with Crippen molar-refractivity contribution < 1.29 is 33.5 Å². The first-order valence-corrected chi connectivity index (χ1v) is 15.2. The number of aryl methyl sites for hydroxylation is 1. The van der Waals surface area contributed by atoms with Crippen LogP contribution in [-0.2, 0) is 27.4 Å². The Morgan fingerprint density at radius 2 is 1.89 bits per heavy atom. The van der Waals surface area contributed by atoms with E-state index in [0.29, 0.717) is 43.0 Å². The highest BCUT2D eigenvalue weighted by Gasteiger charge is 2.35. The van der Waals surface area contributed by atoms with E-state index in [1.165, 1.54) is 4.90 Å².